The maximum atomic E-state index is 12.5. The Bertz CT molecular complexity index is 100. The lowest BCUT2D eigenvalue weighted by Crippen LogP contribution is -2.24. The standard InChI is InChI=1S/C8H15F3O/c1-2-3-4-12-6-8(11)7(10)5-9/h7-8H,2-6H2,1H3. The van der Waals surface area contributed by atoms with E-state index in [0.717, 1.165) is 12.8 Å². The van der Waals surface area contributed by atoms with Gasteiger partial charge in [0.2, 0.25) is 0 Å². The first-order valence-electron chi connectivity index (χ1n) is 4.14. The van der Waals surface area contributed by atoms with Crippen LogP contribution < -0.4 is 0 Å². The van der Waals surface area contributed by atoms with Gasteiger partial charge >= 0.3 is 0 Å². The monoisotopic (exact) mass is 184 g/mol. The molecule has 0 aliphatic rings. The molecule has 0 aromatic heterocycles. The number of rotatable bonds is 7. The van der Waals surface area contributed by atoms with E-state index in [1.807, 2.05) is 6.92 Å². The third-order valence-electron chi connectivity index (χ3n) is 1.46. The molecule has 1 nitrogen and oxygen atoms in total. The van der Waals surface area contributed by atoms with Crippen molar-refractivity contribution in [2.24, 2.45) is 0 Å². The summed E-state index contributed by atoms with van der Waals surface area (Å²) in [4.78, 5) is 0. The van der Waals surface area contributed by atoms with Gasteiger partial charge in [-0.05, 0) is 6.42 Å². The van der Waals surface area contributed by atoms with E-state index in [1.165, 1.54) is 0 Å². The fourth-order valence-corrected chi connectivity index (χ4v) is 0.643. The topological polar surface area (TPSA) is 9.23 Å². The van der Waals surface area contributed by atoms with Gasteiger partial charge in [-0.3, -0.25) is 0 Å². The Labute approximate surface area is 70.9 Å². The largest absolute Gasteiger partial charge is 0.378 e. The number of hydrogen-bond acceptors (Lipinski definition) is 1. The molecule has 0 aromatic carbocycles. The van der Waals surface area contributed by atoms with Crippen molar-refractivity contribution in [1.29, 1.82) is 0 Å². The molecule has 0 bridgehead atoms. The summed E-state index contributed by atoms with van der Waals surface area (Å²) in [5, 5.41) is 0. The van der Waals surface area contributed by atoms with E-state index in [4.69, 9.17) is 4.74 Å². The molecule has 0 amide bonds. The number of unbranched alkanes of at least 4 members (excludes halogenated alkanes) is 1. The van der Waals surface area contributed by atoms with Gasteiger partial charge < -0.3 is 4.74 Å². The predicted octanol–water partition coefficient (Wildman–Crippen LogP) is 2.45. The molecule has 0 aromatic rings. The van der Waals surface area contributed by atoms with Gasteiger partial charge in [0.1, 0.15) is 6.67 Å². The Kier molecular flexibility index (Phi) is 7.25. The Balaban J connectivity index is 3.24. The Morgan fingerprint density at radius 1 is 1.25 bits per heavy atom. The van der Waals surface area contributed by atoms with Gasteiger partial charge in [-0.2, -0.15) is 0 Å². The zero-order valence-corrected chi connectivity index (χ0v) is 7.23. The van der Waals surface area contributed by atoms with Gasteiger partial charge in [0.15, 0.2) is 12.3 Å². The van der Waals surface area contributed by atoms with Crippen molar-refractivity contribution >= 4 is 0 Å². The average molecular weight is 184 g/mol. The molecule has 0 aliphatic heterocycles. The molecule has 0 spiro atoms. The van der Waals surface area contributed by atoms with Crippen molar-refractivity contribution in [2.75, 3.05) is 19.9 Å². The first kappa shape index (κ1) is 11.8. The first-order chi connectivity index (χ1) is 5.72. The molecule has 0 saturated heterocycles. The normalized spacial score (nSPS) is 16.0. The van der Waals surface area contributed by atoms with Crippen LogP contribution in [0, 0.1) is 0 Å². The summed E-state index contributed by atoms with van der Waals surface area (Å²) in [5.74, 6) is 0. The highest BCUT2D eigenvalue weighted by Crippen LogP contribution is 2.05. The molecule has 0 rings (SSSR count). The highest BCUT2D eigenvalue weighted by Gasteiger charge is 2.19. The van der Waals surface area contributed by atoms with E-state index in [9.17, 15) is 13.2 Å². The molecular formula is C8H15F3O. The van der Waals surface area contributed by atoms with Crippen LogP contribution in [0.3, 0.4) is 0 Å². The highest BCUT2D eigenvalue weighted by atomic mass is 19.2. The minimum absolute atomic E-state index is 0.342. The average Bonchev–Trinajstić information content (AvgIpc) is 2.10. The summed E-state index contributed by atoms with van der Waals surface area (Å²) in [7, 11) is 0. The maximum Gasteiger partial charge on any atom is 0.162 e. The van der Waals surface area contributed by atoms with Crippen LogP contribution in [-0.4, -0.2) is 32.2 Å². The fraction of sp³-hybridized carbons (Fsp3) is 1.00. The second-order valence-electron chi connectivity index (χ2n) is 2.61. The molecule has 74 valence electrons. The summed E-state index contributed by atoms with van der Waals surface area (Å²) >= 11 is 0. The SMILES string of the molecule is CCCCOCC(F)C(F)CF. The van der Waals surface area contributed by atoms with Gasteiger partial charge in [-0.25, -0.2) is 13.2 Å². The van der Waals surface area contributed by atoms with Crippen LogP contribution in [0.25, 0.3) is 0 Å². The molecule has 0 radical (unpaired) electrons. The van der Waals surface area contributed by atoms with Crippen LogP contribution in [0.1, 0.15) is 19.8 Å². The van der Waals surface area contributed by atoms with Gasteiger partial charge in [0, 0.05) is 6.61 Å². The van der Waals surface area contributed by atoms with Crippen LogP contribution >= 0.6 is 0 Å². The van der Waals surface area contributed by atoms with Gasteiger partial charge in [-0.15, -0.1) is 0 Å². The fourth-order valence-electron chi connectivity index (χ4n) is 0.643. The minimum atomic E-state index is -2.04. The molecule has 12 heavy (non-hydrogen) atoms. The highest BCUT2D eigenvalue weighted by molar-refractivity contribution is 4.65. The second-order valence-corrected chi connectivity index (χ2v) is 2.61. The van der Waals surface area contributed by atoms with Crippen LogP contribution in [0.5, 0.6) is 0 Å². The van der Waals surface area contributed by atoms with Gasteiger partial charge in [0.25, 0.3) is 0 Å². The minimum Gasteiger partial charge on any atom is -0.378 e. The molecule has 0 heterocycles. The Hall–Kier alpha value is -0.250. The van der Waals surface area contributed by atoms with E-state index >= 15 is 0 Å². The number of alkyl halides is 3. The smallest absolute Gasteiger partial charge is 0.162 e. The summed E-state index contributed by atoms with van der Waals surface area (Å²) in [6.07, 6.45) is -2.10. The lowest BCUT2D eigenvalue weighted by atomic mass is 10.3. The molecule has 0 aliphatic carbocycles. The van der Waals surface area contributed by atoms with Crippen molar-refractivity contribution in [1.82, 2.24) is 0 Å². The van der Waals surface area contributed by atoms with E-state index in [0.29, 0.717) is 6.61 Å². The summed E-state index contributed by atoms with van der Waals surface area (Å²) in [6.45, 7) is 0.759. The molecular weight excluding hydrogens is 169 g/mol. The first-order valence-corrected chi connectivity index (χ1v) is 4.14. The number of hydrogen-bond donors (Lipinski definition) is 0. The van der Waals surface area contributed by atoms with Crippen LogP contribution in [0.15, 0.2) is 0 Å². The Morgan fingerprint density at radius 2 is 1.92 bits per heavy atom. The Morgan fingerprint density at radius 3 is 2.42 bits per heavy atom. The van der Waals surface area contributed by atoms with Crippen molar-refractivity contribution in [3.8, 4) is 0 Å². The summed E-state index contributed by atoms with van der Waals surface area (Å²) < 4.78 is 41.0. The van der Waals surface area contributed by atoms with Gasteiger partial charge in [0.05, 0.1) is 6.61 Å². The third kappa shape index (κ3) is 5.41. The van der Waals surface area contributed by atoms with Crippen molar-refractivity contribution in [2.45, 2.75) is 32.1 Å². The van der Waals surface area contributed by atoms with E-state index in [1.54, 1.807) is 0 Å². The van der Waals surface area contributed by atoms with E-state index in [2.05, 4.69) is 0 Å². The number of ether oxygens (including phenoxy) is 1. The van der Waals surface area contributed by atoms with Crippen molar-refractivity contribution in [3.05, 3.63) is 0 Å². The van der Waals surface area contributed by atoms with Gasteiger partial charge in [-0.1, -0.05) is 13.3 Å². The predicted molar refractivity (Wildman–Crippen MR) is 41.5 cm³/mol. The molecule has 2 unspecified atom stereocenters. The molecule has 0 fully saturated rings. The van der Waals surface area contributed by atoms with Crippen molar-refractivity contribution in [3.63, 3.8) is 0 Å². The summed E-state index contributed by atoms with van der Waals surface area (Å²) in [5.41, 5.74) is 0. The number of halogens is 3. The summed E-state index contributed by atoms with van der Waals surface area (Å²) in [6, 6.07) is 0. The van der Waals surface area contributed by atoms with E-state index in [-0.39, 0.29) is 6.61 Å². The zero-order valence-electron chi connectivity index (χ0n) is 7.23. The van der Waals surface area contributed by atoms with Crippen LogP contribution in [-0.2, 0) is 4.74 Å². The lowest BCUT2D eigenvalue weighted by Gasteiger charge is -2.10. The van der Waals surface area contributed by atoms with Crippen LogP contribution in [0.4, 0.5) is 13.2 Å². The quantitative estimate of drug-likeness (QED) is 0.552. The van der Waals surface area contributed by atoms with Crippen LogP contribution in [0.2, 0.25) is 0 Å². The maximum absolute atomic E-state index is 12.5. The second kappa shape index (κ2) is 7.40. The third-order valence-corrected chi connectivity index (χ3v) is 1.46. The molecule has 2 atom stereocenters. The molecule has 0 saturated carbocycles. The van der Waals surface area contributed by atoms with E-state index < -0.39 is 19.0 Å². The lowest BCUT2D eigenvalue weighted by molar-refractivity contribution is 0.0329. The molecule has 4 heteroatoms. The zero-order chi connectivity index (χ0) is 9.40. The molecule has 0 N–H and O–H groups in total. The van der Waals surface area contributed by atoms with Crippen molar-refractivity contribution < 1.29 is 17.9 Å².